The number of nitrogens with zero attached hydrogens (tertiary/aromatic N) is 2. The van der Waals surface area contributed by atoms with Crippen molar-refractivity contribution in [3.05, 3.63) is 23.7 Å². The Balaban J connectivity index is 2.23. The zero-order chi connectivity index (χ0) is 11.5. The average Bonchev–Trinajstić information content (AvgIpc) is 2.62. The third-order valence-electron chi connectivity index (χ3n) is 2.76. The smallest absolute Gasteiger partial charge is 0.177 e. The van der Waals surface area contributed by atoms with Crippen LogP contribution in [0.1, 0.15) is 31.2 Å². The third kappa shape index (κ3) is 2.22. The SMILES string of the molecule is CCCC(N)Cc1nc2nccc(C)c2[nH]1. The van der Waals surface area contributed by atoms with Gasteiger partial charge in [0.1, 0.15) is 5.82 Å². The molecule has 0 aliphatic rings. The maximum Gasteiger partial charge on any atom is 0.177 e. The Morgan fingerprint density at radius 2 is 2.31 bits per heavy atom. The van der Waals surface area contributed by atoms with Gasteiger partial charge in [-0.2, -0.15) is 0 Å². The molecule has 0 spiro atoms. The van der Waals surface area contributed by atoms with E-state index in [1.807, 2.05) is 6.07 Å². The number of aryl methyl sites for hydroxylation is 1. The van der Waals surface area contributed by atoms with Crippen LogP contribution in [-0.4, -0.2) is 21.0 Å². The first-order valence-electron chi connectivity index (χ1n) is 5.76. The van der Waals surface area contributed by atoms with E-state index < -0.39 is 0 Å². The van der Waals surface area contributed by atoms with Crippen LogP contribution in [0.25, 0.3) is 11.2 Å². The summed E-state index contributed by atoms with van der Waals surface area (Å²) in [5.74, 6) is 0.942. The number of rotatable bonds is 4. The van der Waals surface area contributed by atoms with Crippen LogP contribution in [0.3, 0.4) is 0 Å². The van der Waals surface area contributed by atoms with E-state index in [4.69, 9.17) is 5.73 Å². The van der Waals surface area contributed by atoms with E-state index in [9.17, 15) is 0 Å². The number of nitrogens with two attached hydrogens (primary N) is 1. The molecule has 4 heteroatoms. The molecule has 0 aliphatic carbocycles. The van der Waals surface area contributed by atoms with Gasteiger partial charge in [0, 0.05) is 18.7 Å². The molecule has 86 valence electrons. The first-order valence-corrected chi connectivity index (χ1v) is 5.76. The summed E-state index contributed by atoms with van der Waals surface area (Å²) in [5, 5.41) is 0. The van der Waals surface area contributed by atoms with E-state index in [0.717, 1.165) is 36.3 Å². The predicted octanol–water partition coefficient (Wildman–Crippen LogP) is 1.94. The Morgan fingerprint density at radius 3 is 3.00 bits per heavy atom. The molecule has 4 nitrogen and oxygen atoms in total. The highest BCUT2D eigenvalue weighted by atomic mass is 15.0. The summed E-state index contributed by atoms with van der Waals surface area (Å²) in [6.07, 6.45) is 4.72. The summed E-state index contributed by atoms with van der Waals surface area (Å²) in [4.78, 5) is 12.0. The molecule has 2 heterocycles. The number of hydrogen-bond donors (Lipinski definition) is 2. The average molecular weight is 218 g/mol. The lowest BCUT2D eigenvalue weighted by Crippen LogP contribution is -2.22. The van der Waals surface area contributed by atoms with Gasteiger partial charge in [0.05, 0.1) is 5.52 Å². The van der Waals surface area contributed by atoms with Crippen LogP contribution in [0.15, 0.2) is 12.3 Å². The summed E-state index contributed by atoms with van der Waals surface area (Å²) in [7, 11) is 0. The van der Waals surface area contributed by atoms with Crippen molar-refractivity contribution in [2.75, 3.05) is 0 Å². The minimum atomic E-state index is 0.186. The van der Waals surface area contributed by atoms with Crippen molar-refractivity contribution < 1.29 is 0 Å². The molecule has 1 atom stereocenters. The first-order chi connectivity index (χ1) is 7.70. The van der Waals surface area contributed by atoms with Crippen LogP contribution >= 0.6 is 0 Å². The van der Waals surface area contributed by atoms with Gasteiger partial charge in [0.15, 0.2) is 5.65 Å². The lowest BCUT2D eigenvalue weighted by molar-refractivity contribution is 0.588. The van der Waals surface area contributed by atoms with Crippen molar-refractivity contribution in [2.45, 2.75) is 39.2 Å². The van der Waals surface area contributed by atoms with Gasteiger partial charge in [-0.15, -0.1) is 0 Å². The summed E-state index contributed by atoms with van der Waals surface area (Å²) >= 11 is 0. The van der Waals surface area contributed by atoms with Gasteiger partial charge in [-0.3, -0.25) is 0 Å². The topological polar surface area (TPSA) is 67.6 Å². The van der Waals surface area contributed by atoms with Crippen molar-refractivity contribution >= 4 is 11.2 Å². The van der Waals surface area contributed by atoms with Crippen LogP contribution in [-0.2, 0) is 6.42 Å². The summed E-state index contributed by atoms with van der Waals surface area (Å²) in [6, 6.07) is 2.17. The van der Waals surface area contributed by atoms with Crippen LogP contribution < -0.4 is 5.73 Å². The molecule has 0 aromatic carbocycles. The molecule has 0 fully saturated rings. The van der Waals surface area contributed by atoms with Crippen molar-refractivity contribution in [1.82, 2.24) is 15.0 Å². The van der Waals surface area contributed by atoms with Gasteiger partial charge in [-0.25, -0.2) is 9.97 Å². The second kappa shape index (κ2) is 4.61. The molecule has 0 bridgehead atoms. The molecule has 0 radical (unpaired) electrons. The molecule has 2 rings (SSSR count). The van der Waals surface area contributed by atoms with Crippen molar-refractivity contribution in [3.8, 4) is 0 Å². The van der Waals surface area contributed by atoms with Gasteiger partial charge in [0.25, 0.3) is 0 Å². The zero-order valence-corrected chi connectivity index (χ0v) is 9.83. The zero-order valence-electron chi connectivity index (χ0n) is 9.83. The Bertz CT molecular complexity index is 475. The highest BCUT2D eigenvalue weighted by Gasteiger charge is 2.09. The highest BCUT2D eigenvalue weighted by molar-refractivity contribution is 5.74. The Hall–Kier alpha value is -1.42. The minimum absolute atomic E-state index is 0.186. The molecule has 16 heavy (non-hydrogen) atoms. The third-order valence-corrected chi connectivity index (χ3v) is 2.76. The quantitative estimate of drug-likeness (QED) is 0.824. The number of aromatic amines is 1. The molecule has 0 saturated carbocycles. The maximum atomic E-state index is 6.00. The Labute approximate surface area is 95.3 Å². The molecule has 0 saturated heterocycles. The van der Waals surface area contributed by atoms with E-state index in [2.05, 4.69) is 28.8 Å². The summed E-state index contributed by atoms with van der Waals surface area (Å²) < 4.78 is 0. The van der Waals surface area contributed by atoms with E-state index in [1.165, 1.54) is 5.56 Å². The number of imidazole rings is 1. The largest absolute Gasteiger partial charge is 0.340 e. The number of H-pyrrole nitrogens is 1. The number of nitrogens with one attached hydrogen (secondary N) is 1. The Kier molecular flexibility index (Phi) is 3.19. The van der Waals surface area contributed by atoms with E-state index in [0.29, 0.717) is 0 Å². The molecular weight excluding hydrogens is 200 g/mol. The normalized spacial score (nSPS) is 13.2. The summed E-state index contributed by atoms with van der Waals surface area (Å²) in [6.45, 7) is 4.20. The lowest BCUT2D eigenvalue weighted by atomic mass is 10.1. The number of aromatic nitrogens is 3. The molecule has 2 aromatic rings. The fraction of sp³-hybridized carbons (Fsp3) is 0.500. The second-order valence-electron chi connectivity index (χ2n) is 4.26. The molecule has 1 unspecified atom stereocenters. The second-order valence-corrected chi connectivity index (χ2v) is 4.26. The number of hydrogen-bond acceptors (Lipinski definition) is 3. The van der Waals surface area contributed by atoms with Gasteiger partial charge < -0.3 is 10.7 Å². The highest BCUT2D eigenvalue weighted by Crippen LogP contribution is 2.14. The number of fused-ring (bicyclic) bond motifs is 1. The first kappa shape index (κ1) is 11.1. The van der Waals surface area contributed by atoms with Crippen LogP contribution in [0.2, 0.25) is 0 Å². The van der Waals surface area contributed by atoms with Gasteiger partial charge >= 0.3 is 0 Å². The standard InChI is InChI=1S/C12H18N4/c1-3-4-9(13)7-10-15-11-8(2)5-6-14-12(11)16-10/h5-6,9H,3-4,7,13H2,1-2H3,(H,14,15,16). The van der Waals surface area contributed by atoms with E-state index in [1.54, 1.807) is 6.20 Å². The molecule has 0 aliphatic heterocycles. The van der Waals surface area contributed by atoms with E-state index >= 15 is 0 Å². The van der Waals surface area contributed by atoms with Crippen molar-refractivity contribution in [1.29, 1.82) is 0 Å². The van der Waals surface area contributed by atoms with E-state index in [-0.39, 0.29) is 6.04 Å². The van der Waals surface area contributed by atoms with Gasteiger partial charge in [-0.05, 0) is 25.0 Å². The van der Waals surface area contributed by atoms with Crippen LogP contribution in [0, 0.1) is 6.92 Å². The van der Waals surface area contributed by atoms with Crippen LogP contribution in [0.5, 0.6) is 0 Å². The fourth-order valence-electron chi connectivity index (χ4n) is 1.90. The summed E-state index contributed by atoms with van der Waals surface area (Å²) in [5.41, 5.74) is 8.99. The predicted molar refractivity (Wildman–Crippen MR) is 65.2 cm³/mol. The van der Waals surface area contributed by atoms with Crippen molar-refractivity contribution in [3.63, 3.8) is 0 Å². The van der Waals surface area contributed by atoms with Gasteiger partial charge in [-0.1, -0.05) is 13.3 Å². The minimum Gasteiger partial charge on any atom is -0.340 e. The molecule has 3 N–H and O–H groups in total. The molecular formula is C12H18N4. The maximum absolute atomic E-state index is 6.00. The van der Waals surface area contributed by atoms with Crippen molar-refractivity contribution in [2.24, 2.45) is 5.73 Å². The number of pyridine rings is 1. The Morgan fingerprint density at radius 1 is 1.50 bits per heavy atom. The van der Waals surface area contributed by atoms with Gasteiger partial charge in [0.2, 0.25) is 0 Å². The fourth-order valence-corrected chi connectivity index (χ4v) is 1.90. The lowest BCUT2D eigenvalue weighted by Gasteiger charge is -2.06. The van der Waals surface area contributed by atoms with Crippen LogP contribution in [0.4, 0.5) is 0 Å². The monoisotopic (exact) mass is 218 g/mol. The molecule has 0 amide bonds. The molecule has 2 aromatic heterocycles.